The first-order valence-corrected chi connectivity index (χ1v) is 9.80. The van der Waals surface area contributed by atoms with Crippen LogP contribution in [0.1, 0.15) is 16.6 Å². The topological polar surface area (TPSA) is 72.5 Å². The number of esters is 1. The quantitative estimate of drug-likeness (QED) is 0.657. The maximum atomic E-state index is 14.3. The number of carbonyl (C=O) groups is 1. The first-order chi connectivity index (χ1) is 12.3. The van der Waals surface area contributed by atoms with Crippen molar-refractivity contribution < 1.29 is 26.7 Å². The Morgan fingerprint density at radius 2 is 1.92 bits per heavy atom. The maximum Gasteiger partial charge on any atom is 0.349 e. The van der Waals surface area contributed by atoms with Crippen molar-refractivity contribution in [2.24, 2.45) is 0 Å². The Balaban J connectivity index is 2.21. The Morgan fingerprint density at radius 1 is 1.19 bits per heavy atom. The van der Waals surface area contributed by atoms with Crippen LogP contribution < -0.4 is 4.72 Å². The molecule has 9 heteroatoms. The van der Waals surface area contributed by atoms with Crippen molar-refractivity contribution in [3.63, 3.8) is 0 Å². The number of halogens is 2. The maximum absolute atomic E-state index is 14.3. The van der Waals surface area contributed by atoms with Gasteiger partial charge in [-0.15, -0.1) is 11.3 Å². The molecule has 0 atom stereocenters. The van der Waals surface area contributed by atoms with Gasteiger partial charge in [-0.05, 0) is 37.3 Å². The monoisotopic (exact) mass is 397 g/mol. The molecule has 0 radical (unpaired) electrons. The third kappa shape index (κ3) is 3.40. The number of nitrogens with one attached hydrogen (secondary N) is 1. The zero-order valence-corrected chi connectivity index (χ0v) is 15.1. The zero-order chi connectivity index (χ0) is 18.9. The highest BCUT2D eigenvalue weighted by atomic mass is 32.2. The van der Waals surface area contributed by atoms with Crippen LogP contribution in [0, 0.1) is 11.6 Å². The second-order valence-electron chi connectivity index (χ2n) is 5.21. The van der Waals surface area contributed by atoms with Gasteiger partial charge >= 0.3 is 5.97 Å². The molecule has 1 aromatic heterocycles. The first-order valence-electron chi connectivity index (χ1n) is 7.50. The highest BCUT2D eigenvalue weighted by Gasteiger charge is 2.31. The summed E-state index contributed by atoms with van der Waals surface area (Å²) >= 11 is 0.819. The molecule has 0 aliphatic rings. The lowest BCUT2D eigenvalue weighted by molar-refractivity contribution is 0.0528. The molecule has 136 valence electrons. The summed E-state index contributed by atoms with van der Waals surface area (Å²) in [5.74, 6) is -2.29. The Labute approximate surface area is 152 Å². The predicted octanol–water partition coefficient (Wildman–Crippen LogP) is 4.16. The van der Waals surface area contributed by atoms with Gasteiger partial charge in [0.05, 0.1) is 12.3 Å². The van der Waals surface area contributed by atoms with Crippen LogP contribution in [0.15, 0.2) is 47.4 Å². The molecule has 26 heavy (non-hydrogen) atoms. The lowest BCUT2D eigenvalue weighted by atomic mass is 10.2. The molecule has 1 heterocycles. The van der Waals surface area contributed by atoms with Gasteiger partial charge in [0, 0.05) is 10.1 Å². The van der Waals surface area contributed by atoms with E-state index in [0.717, 1.165) is 29.5 Å². The van der Waals surface area contributed by atoms with Gasteiger partial charge < -0.3 is 4.74 Å². The third-order valence-electron chi connectivity index (χ3n) is 3.43. The van der Waals surface area contributed by atoms with Crippen molar-refractivity contribution in [2.75, 3.05) is 11.3 Å². The summed E-state index contributed by atoms with van der Waals surface area (Å²) in [6.45, 7) is 1.61. The normalized spacial score (nSPS) is 11.5. The molecule has 0 saturated heterocycles. The molecule has 0 amide bonds. The predicted molar refractivity (Wildman–Crippen MR) is 94.9 cm³/mol. The zero-order valence-electron chi connectivity index (χ0n) is 13.5. The van der Waals surface area contributed by atoms with Gasteiger partial charge in [0.15, 0.2) is 0 Å². The lowest BCUT2D eigenvalue weighted by Crippen LogP contribution is -2.17. The summed E-state index contributed by atoms with van der Waals surface area (Å²) in [5.41, 5.74) is -0.0458. The van der Waals surface area contributed by atoms with Gasteiger partial charge in [0.25, 0.3) is 10.0 Å². The van der Waals surface area contributed by atoms with Crippen molar-refractivity contribution in [2.45, 2.75) is 11.8 Å². The van der Waals surface area contributed by atoms with Gasteiger partial charge in [-0.2, -0.15) is 0 Å². The van der Waals surface area contributed by atoms with E-state index >= 15 is 0 Å². The number of sulfonamides is 1. The molecule has 0 spiro atoms. The summed E-state index contributed by atoms with van der Waals surface area (Å²) in [7, 11) is -4.38. The van der Waals surface area contributed by atoms with Crippen LogP contribution in [0.3, 0.4) is 0 Å². The number of hydrogen-bond donors (Lipinski definition) is 1. The Morgan fingerprint density at radius 3 is 2.62 bits per heavy atom. The van der Waals surface area contributed by atoms with Crippen LogP contribution in [0.25, 0.3) is 10.1 Å². The van der Waals surface area contributed by atoms with E-state index in [1.807, 2.05) is 0 Å². The van der Waals surface area contributed by atoms with E-state index in [2.05, 4.69) is 4.72 Å². The van der Waals surface area contributed by atoms with Crippen molar-refractivity contribution in [3.05, 3.63) is 59.0 Å². The van der Waals surface area contributed by atoms with Crippen molar-refractivity contribution >= 4 is 43.1 Å². The largest absolute Gasteiger partial charge is 0.462 e. The molecular formula is C17H13F2NO4S2. The van der Waals surface area contributed by atoms with Gasteiger partial charge in [0.1, 0.15) is 21.4 Å². The number of thiophene rings is 1. The highest BCUT2D eigenvalue weighted by molar-refractivity contribution is 7.93. The molecule has 3 aromatic rings. The van der Waals surface area contributed by atoms with E-state index in [9.17, 15) is 22.0 Å². The molecule has 0 aliphatic carbocycles. The molecule has 0 aliphatic heterocycles. The van der Waals surface area contributed by atoms with E-state index in [0.29, 0.717) is 0 Å². The average Bonchev–Trinajstić information content (AvgIpc) is 2.97. The van der Waals surface area contributed by atoms with Crippen LogP contribution in [-0.2, 0) is 14.8 Å². The Hall–Kier alpha value is -2.52. The number of hydrogen-bond acceptors (Lipinski definition) is 5. The summed E-state index contributed by atoms with van der Waals surface area (Å²) in [4.78, 5) is 11.5. The van der Waals surface area contributed by atoms with E-state index in [4.69, 9.17) is 4.74 Å². The van der Waals surface area contributed by atoms with E-state index in [1.54, 1.807) is 6.92 Å². The number of rotatable bonds is 5. The fourth-order valence-corrected chi connectivity index (χ4v) is 5.29. The molecule has 0 fully saturated rings. The lowest BCUT2D eigenvalue weighted by Gasteiger charge is -2.10. The minimum atomic E-state index is -4.38. The van der Waals surface area contributed by atoms with E-state index < -0.39 is 32.5 Å². The fourth-order valence-electron chi connectivity index (χ4n) is 2.43. The van der Waals surface area contributed by atoms with Gasteiger partial charge in [-0.3, -0.25) is 4.72 Å². The van der Waals surface area contributed by atoms with E-state index in [-0.39, 0.29) is 27.3 Å². The second kappa shape index (κ2) is 7.00. The van der Waals surface area contributed by atoms with Crippen LogP contribution in [-0.4, -0.2) is 21.0 Å². The van der Waals surface area contributed by atoms with Crippen molar-refractivity contribution in [3.8, 4) is 0 Å². The highest BCUT2D eigenvalue weighted by Crippen LogP contribution is 2.37. The third-order valence-corrected chi connectivity index (χ3v) is 6.14. The molecule has 0 bridgehead atoms. The van der Waals surface area contributed by atoms with Crippen LogP contribution in [0.5, 0.6) is 0 Å². The van der Waals surface area contributed by atoms with Crippen molar-refractivity contribution in [1.82, 2.24) is 0 Å². The minimum Gasteiger partial charge on any atom is -0.462 e. The molecule has 0 unspecified atom stereocenters. The molecular weight excluding hydrogens is 384 g/mol. The SMILES string of the molecule is CCOC(=O)c1sc2cccc(F)c2c1S(=O)(=O)Nc1cccc(F)c1. The van der Waals surface area contributed by atoms with E-state index in [1.165, 1.54) is 24.3 Å². The molecule has 2 aromatic carbocycles. The molecule has 3 rings (SSSR count). The number of fused-ring (bicyclic) bond motifs is 1. The average molecular weight is 397 g/mol. The van der Waals surface area contributed by atoms with Crippen LogP contribution >= 0.6 is 11.3 Å². The van der Waals surface area contributed by atoms with Crippen LogP contribution in [0.4, 0.5) is 14.5 Å². The molecule has 5 nitrogen and oxygen atoms in total. The number of ether oxygens (including phenoxy) is 1. The van der Waals surface area contributed by atoms with Gasteiger partial charge in [0.2, 0.25) is 0 Å². The van der Waals surface area contributed by atoms with Gasteiger partial charge in [-0.25, -0.2) is 22.0 Å². The summed E-state index contributed by atoms with van der Waals surface area (Å²) in [6, 6.07) is 8.83. The fraction of sp³-hybridized carbons (Fsp3) is 0.118. The minimum absolute atomic E-state index is 0.0341. The Bertz CT molecular complexity index is 1090. The summed E-state index contributed by atoms with van der Waals surface area (Å²) in [6.07, 6.45) is 0. The second-order valence-corrected chi connectivity index (χ2v) is 7.88. The summed E-state index contributed by atoms with van der Waals surface area (Å²) in [5, 5.41) is -0.204. The standard InChI is InChI=1S/C17H13F2NO4S2/c1-2-24-17(21)15-16(14-12(19)7-4-8-13(14)25-15)26(22,23)20-11-6-3-5-10(18)9-11/h3-9,20H,2H2,1H3. The first kappa shape index (κ1) is 18.3. The molecule has 0 saturated carbocycles. The van der Waals surface area contributed by atoms with Crippen molar-refractivity contribution in [1.29, 1.82) is 0 Å². The number of benzene rings is 2. The smallest absolute Gasteiger partial charge is 0.349 e. The summed E-state index contributed by atoms with van der Waals surface area (Å²) < 4.78 is 60.8. The van der Waals surface area contributed by atoms with Gasteiger partial charge in [-0.1, -0.05) is 12.1 Å². The van der Waals surface area contributed by atoms with Crippen LogP contribution in [0.2, 0.25) is 0 Å². The Kier molecular flexibility index (Phi) is 4.92. The molecule has 1 N–H and O–H groups in total. The number of anilines is 1. The number of carbonyl (C=O) groups excluding carboxylic acids is 1.